The molecule has 4 aromatic rings. The van der Waals surface area contributed by atoms with E-state index in [1.54, 1.807) is 17.7 Å². The molecule has 0 radical (unpaired) electrons. The van der Waals surface area contributed by atoms with Crippen LogP contribution >= 0.6 is 0 Å². The second-order valence-corrected chi connectivity index (χ2v) is 12.4. The Balaban J connectivity index is 1.51. The van der Waals surface area contributed by atoms with Gasteiger partial charge in [-0.15, -0.1) is 0 Å². The van der Waals surface area contributed by atoms with E-state index in [2.05, 4.69) is 41.3 Å². The van der Waals surface area contributed by atoms with Crippen LogP contribution in [0.2, 0.25) is 0 Å². The number of nitrogens with zero attached hydrogens (tertiary/aromatic N) is 4. The Labute approximate surface area is 271 Å². The molecule has 1 saturated heterocycles. The normalized spacial score (nSPS) is 18.5. The zero-order valence-electron chi connectivity index (χ0n) is 27.5. The van der Waals surface area contributed by atoms with E-state index < -0.39 is 17.9 Å². The van der Waals surface area contributed by atoms with Crippen LogP contribution in [-0.2, 0) is 26.4 Å². The summed E-state index contributed by atoms with van der Waals surface area (Å²) in [5.74, 6) is 0. The van der Waals surface area contributed by atoms with Crippen LogP contribution in [0.25, 0.3) is 0 Å². The molecule has 0 unspecified atom stereocenters. The third kappa shape index (κ3) is 7.40. The van der Waals surface area contributed by atoms with E-state index in [0.29, 0.717) is 31.7 Å². The number of likely N-dealkylation sites (N-methyl/N-ethyl adjacent to an activating group) is 2. The van der Waals surface area contributed by atoms with Crippen LogP contribution < -0.4 is 11.2 Å². The van der Waals surface area contributed by atoms with Gasteiger partial charge in [-0.05, 0) is 51.8 Å². The number of aromatic nitrogens is 2. The van der Waals surface area contributed by atoms with Gasteiger partial charge in [0.15, 0.2) is 0 Å². The maximum atomic E-state index is 13.7. The monoisotopic (exact) mass is 626 g/mol. The van der Waals surface area contributed by atoms with Gasteiger partial charge in [0.05, 0.1) is 19.3 Å². The summed E-state index contributed by atoms with van der Waals surface area (Å²) < 4.78 is 23.0. The van der Waals surface area contributed by atoms with E-state index in [0.717, 1.165) is 23.2 Å². The van der Waals surface area contributed by atoms with Crippen molar-refractivity contribution in [1.29, 1.82) is 0 Å². The molecule has 2 heterocycles. The second-order valence-electron chi connectivity index (χ2n) is 12.4. The van der Waals surface area contributed by atoms with Crippen molar-refractivity contribution in [3.8, 4) is 0 Å². The molecule has 3 atom stereocenters. The number of hydrogen-bond donors (Lipinski definition) is 0. The third-order valence-corrected chi connectivity index (χ3v) is 8.50. The number of hydrogen-bond acceptors (Lipinski definition) is 7. The van der Waals surface area contributed by atoms with Crippen LogP contribution in [0, 0.1) is 6.92 Å². The van der Waals surface area contributed by atoms with Gasteiger partial charge in [-0.2, -0.15) is 0 Å². The SMILES string of the molecule is Cc1cn([C@H]2C[C@H](OCCN(C)C)[C@@H](COC(c3ccccc3)(c3ccccc3)c3ccccc3)O2)c(=O)n(CCN(C)C)c1=O. The van der Waals surface area contributed by atoms with E-state index in [9.17, 15) is 9.59 Å². The molecule has 5 rings (SSSR count). The molecule has 0 saturated carbocycles. The lowest BCUT2D eigenvalue weighted by Gasteiger charge is -2.37. The Hall–Kier alpha value is -3.86. The highest BCUT2D eigenvalue weighted by Crippen LogP contribution is 2.41. The zero-order valence-corrected chi connectivity index (χ0v) is 27.5. The number of ether oxygens (including phenoxy) is 3. The van der Waals surface area contributed by atoms with E-state index >= 15 is 0 Å². The number of benzene rings is 3. The number of rotatable bonds is 14. The minimum absolute atomic E-state index is 0.204. The van der Waals surface area contributed by atoms with E-state index in [1.807, 2.05) is 87.7 Å². The molecular weight excluding hydrogens is 580 g/mol. The summed E-state index contributed by atoms with van der Waals surface area (Å²) >= 11 is 0. The van der Waals surface area contributed by atoms with Gasteiger partial charge in [-0.3, -0.25) is 13.9 Å². The molecule has 244 valence electrons. The van der Waals surface area contributed by atoms with Crippen molar-refractivity contribution in [2.75, 3.05) is 54.5 Å². The highest BCUT2D eigenvalue weighted by Gasteiger charge is 2.43. The Bertz CT molecular complexity index is 1560. The van der Waals surface area contributed by atoms with Gasteiger partial charge in [-0.1, -0.05) is 91.0 Å². The minimum Gasteiger partial charge on any atom is -0.374 e. The van der Waals surface area contributed by atoms with Crippen LogP contribution in [0.5, 0.6) is 0 Å². The molecule has 0 N–H and O–H groups in total. The average molecular weight is 627 g/mol. The quantitative estimate of drug-likeness (QED) is 0.195. The fourth-order valence-electron chi connectivity index (χ4n) is 6.02. The lowest BCUT2D eigenvalue weighted by molar-refractivity contribution is -0.105. The van der Waals surface area contributed by atoms with Gasteiger partial charge in [0.2, 0.25) is 0 Å². The van der Waals surface area contributed by atoms with Crippen LogP contribution in [0.1, 0.15) is 34.9 Å². The predicted molar refractivity (Wildman–Crippen MR) is 180 cm³/mol. The second kappa shape index (κ2) is 15.2. The minimum atomic E-state index is -0.924. The molecule has 0 amide bonds. The molecule has 0 aliphatic carbocycles. The lowest BCUT2D eigenvalue weighted by atomic mass is 9.80. The summed E-state index contributed by atoms with van der Waals surface area (Å²) in [6.07, 6.45) is 0.636. The molecule has 1 aliphatic rings. The first kappa shape index (κ1) is 33.5. The van der Waals surface area contributed by atoms with Gasteiger partial charge in [-0.25, -0.2) is 4.79 Å². The fraction of sp³-hybridized carbons (Fsp3) is 0.405. The maximum Gasteiger partial charge on any atom is 0.333 e. The van der Waals surface area contributed by atoms with Gasteiger partial charge in [0.1, 0.15) is 17.9 Å². The molecule has 9 nitrogen and oxygen atoms in total. The van der Waals surface area contributed by atoms with E-state index in [1.165, 1.54) is 4.57 Å². The van der Waals surface area contributed by atoms with Crippen molar-refractivity contribution in [2.24, 2.45) is 0 Å². The van der Waals surface area contributed by atoms with Gasteiger partial charge >= 0.3 is 5.69 Å². The topological polar surface area (TPSA) is 78.2 Å². The van der Waals surface area contributed by atoms with Crippen molar-refractivity contribution >= 4 is 0 Å². The highest BCUT2D eigenvalue weighted by molar-refractivity contribution is 5.47. The Morgan fingerprint density at radius 1 is 0.804 bits per heavy atom. The van der Waals surface area contributed by atoms with Crippen molar-refractivity contribution in [3.05, 3.63) is 140 Å². The summed E-state index contributed by atoms with van der Waals surface area (Å²) in [4.78, 5) is 30.7. The van der Waals surface area contributed by atoms with Crippen LogP contribution in [-0.4, -0.2) is 85.6 Å². The zero-order chi connectivity index (χ0) is 32.7. The maximum absolute atomic E-state index is 13.7. The van der Waals surface area contributed by atoms with Crippen molar-refractivity contribution in [3.63, 3.8) is 0 Å². The summed E-state index contributed by atoms with van der Waals surface area (Å²) in [5.41, 5.74) is 1.88. The summed E-state index contributed by atoms with van der Waals surface area (Å²) in [7, 11) is 7.84. The van der Waals surface area contributed by atoms with Crippen LogP contribution in [0.15, 0.2) is 107 Å². The molecule has 1 aromatic heterocycles. The third-order valence-electron chi connectivity index (χ3n) is 8.50. The molecule has 1 fully saturated rings. The molecule has 46 heavy (non-hydrogen) atoms. The molecule has 9 heteroatoms. The Morgan fingerprint density at radius 3 is 1.83 bits per heavy atom. The fourth-order valence-corrected chi connectivity index (χ4v) is 6.02. The van der Waals surface area contributed by atoms with Crippen molar-refractivity contribution < 1.29 is 14.2 Å². The molecule has 3 aromatic carbocycles. The molecule has 0 bridgehead atoms. The molecular formula is C37H46N4O5. The van der Waals surface area contributed by atoms with E-state index in [4.69, 9.17) is 14.2 Å². The van der Waals surface area contributed by atoms with E-state index in [-0.39, 0.29) is 24.0 Å². The first-order chi connectivity index (χ1) is 22.2. The average Bonchev–Trinajstić information content (AvgIpc) is 3.46. The first-order valence-electron chi connectivity index (χ1n) is 15.9. The highest BCUT2D eigenvalue weighted by atomic mass is 16.6. The molecule has 1 aliphatic heterocycles. The summed E-state index contributed by atoms with van der Waals surface area (Å²) in [5, 5.41) is 0. The Morgan fingerprint density at radius 2 is 1.33 bits per heavy atom. The molecule has 0 spiro atoms. The van der Waals surface area contributed by atoms with Gasteiger partial charge < -0.3 is 24.0 Å². The first-order valence-corrected chi connectivity index (χ1v) is 15.9. The summed E-state index contributed by atoms with van der Waals surface area (Å²) in [6.45, 7) is 4.04. The lowest BCUT2D eigenvalue weighted by Crippen LogP contribution is -2.43. The van der Waals surface area contributed by atoms with Crippen LogP contribution in [0.3, 0.4) is 0 Å². The Kier molecular flexibility index (Phi) is 11.0. The van der Waals surface area contributed by atoms with Crippen LogP contribution in [0.4, 0.5) is 0 Å². The summed E-state index contributed by atoms with van der Waals surface area (Å²) in [6, 6.07) is 30.7. The smallest absolute Gasteiger partial charge is 0.333 e. The van der Waals surface area contributed by atoms with Crippen molar-refractivity contribution in [1.82, 2.24) is 18.9 Å². The van der Waals surface area contributed by atoms with Crippen molar-refractivity contribution in [2.45, 2.75) is 43.9 Å². The van der Waals surface area contributed by atoms with Gasteiger partial charge in [0, 0.05) is 37.8 Å². The number of aryl methyl sites for hydroxylation is 1. The largest absolute Gasteiger partial charge is 0.374 e. The predicted octanol–water partition coefficient (Wildman–Crippen LogP) is 4.12. The van der Waals surface area contributed by atoms with Gasteiger partial charge in [0.25, 0.3) is 5.56 Å². The standard InChI is InChI=1S/C37H46N4O5/c1-28-26-41(36(43)40(35(28)42)22-21-38(2)3)34-25-32(44-24-23-39(4)5)33(46-34)27-45-37(29-15-9-6-10-16-29,30-17-11-7-12-18-30)31-19-13-8-14-20-31/h6-20,26,32-34H,21-25,27H2,1-5H3/t32-,33+,34+/m0/s1.